The Kier molecular flexibility index (Phi) is 2.72. The molecule has 0 atom stereocenters. The van der Waals surface area contributed by atoms with E-state index in [1.54, 1.807) is 0 Å². The van der Waals surface area contributed by atoms with Gasteiger partial charge in [0.2, 0.25) is 5.95 Å². The summed E-state index contributed by atoms with van der Waals surface area (Å²) in [5.74, 6) is 0.953. The highest BCUT2D eigenvalue weighted by Crippen LogP contribution is 2.24. The maximum atomic E-state index is 4.21. The highest BCUT2D eigenvalue weighted by Gasteiger charge is 2.25. The standard InChI is InChI=1S/C10H18N4/c1-13(9-3-4-9)7-5-11-10-12-6-8-14(10)2/h6,8-9H,3-5,7H2,1-2H3,(H,11,12). The van der Waals surface area contributed by atoms with E-state index in [2.05, 4.69) is 22.2 Å². The molecule has 1 N–H and O–H groups in total. The van der Waals surface area contributed by atoms with Crippen molar-refractivity contribution >= 4 is 5.95 Å². The number of rotatable bonds is 5. The predicted molar refractivity (Wildman–Crippen MR) is 57.3 cm³/mol. The molecule has 0 saturated heterocycles. The highest BCUT2D eigenvalue weighted by atomic mass is 15.2. The summed E-state index contributed by atoms with van der Waals surface area (Å²) in [6.07, 6.45) is 6.51. The van der Waals surface area contributed by atoms with Crippen molar-refractivity contribution in [3.63, 3.8) is 0 Å². The summed E-state index contributed by atoms with van der Waals surface area (Å²) in [4.78, 5) is 6.62. The predicted octanol–water partition coefficient (Wildman–Crippen LogP) is 0.926. The van der Waals surface area contributed by atoms with E-state index in [1.165, 1.54) is 12.8 Å². The van der Waals surface area contributed by atoms with Gasteiger partial charge in [0, 0.05) is 38.6 Å². The molecule has 0 aromatic carbocycles. The van der Waals surface area contributed by atoms with Crippen LogP contribution in [0.5, 0.6) is 0 Å². The largest absolute Gasteiger partial charge is 0.354 e. The third kappa shape index (κ3) is 2.26. The number of imidazole rings is 1. The molecule has 14 heavy (non-hydrogen) atoms. The van der Waals surface area contributed by atoms with Crippen molar-refractivity contribution in [3.05, 3.63) is 12.4 Å². The molecular formula is C10H18N4. The number of nitrogens with one attached hydrogen (secondary N) is 1. The zero-order valence-corrected chi connectivity index (χ0v) is 8.90. The minimum atomic E-state index is 0.846. The number of hydrogen-bond acceptors (Lipinski definition) is 3. The Labute approximate surface area is 84.9 Å². The van der Waals surface area contributed by atoms with Gasteiger partial charge in [-0.15, -0.1) is 0 Å². The summed E-state index contributed by atoms with van der Waals surface area (Å²) in [6.45, 7) is 2.06. The lowest BCUT2D eigenvalue weighted by molar-refractivity contribution is 0.337. The summed E-state index contributed by atoms with van der Waals surface area (Å²) >= 11 is 0. The first-order valence-electron chi connectivity index (χ1n) is 5.19. The van der Waals surface area contributed by atoms with Gasteiger partial charge < -0.3 is 14.8 Å². The molecule has 0 unspecified atom stereocenters. The monoisotopic (exact) mass is 194 g/mol. The molecule has 0 aliphatic heterocycles. The van der Waals surface area contributed by atoms with E-state index < -0.39 is 0 Å². The summed E-state index contributed by atoms with van der Waals surface area (Å²) in [7, 11) is 4.19. The molecular weight excluding hydrogens is 176 g/mol. The fraction of sp³-hybridized carbons (Fsp3) is 0.700. The van der Waals surface area contributed by atoms with E-state index in [4.69, 9.17) is 0 Å². The van der Waals surface area contributed by atoms with Gasteiger partial charge in [0.05, 0.1) is 0 Å². The van der Waals surface area contributed by atoms with E-state index in [0.29, 0.717) is 0 Å². The Morgan fingerprint density at radius 1 is 1.64 bits per heavy atom. The number of anilines is 1. The Hall–Kier alpha value is -1.03. The van der Waals surface area contributed by atoms with E-state index in [9.17, 15) is 0 Å². The average Bonchev–Trinajstić information content (AvgIpc) is 2.93. The minimum absolute atomic E-state index is 0.846. The van der Waals surface area contributed by atoms with Crippen molar-refractivity contribution in [3.8, 4) is 0 Å². The van der Waals surface area contributed by atoms with Gasteiger partial charge in [-0.05, 0) is 19.9 Å². The van der Waals surface area contributed by atoms with E-state index in [-0.39, 0.29) is 0 Å². The average molecular weight is 194 g/mol. The van der Waals surface area contributed by atoms with Crippen molar-refractivity contribution < 1.29 is 0 Å². The number of hydrogen-bond donors (Lipinski definition) is 1. The molecule has 0 radical (unpaired) electrons. The second kappa shape index (κ2) is 4.00. The summed E-state index contributed by atoms with van der Waals surface area (Å²) in [5.41, 5.74) is 0. The fourth-order valence-corrected chi connectivity index (χ4v) is 1.58. The van der Waals surface area contributed by atoms with Crippen LogP contribution in [0.3, 0.4) is 0 Å². The zero-order valence-electron chi connectivity index (χ0n) is 8.90. The molecule has 1 fully saturated rings. The van der Waals surface area contributed by atoms with E-state index in [0.717, 1.165) is 25.1 Å². The fourth-order valence-electron chi connectivity index (χ4n) is 1.58. The Morgan fingerprint density at radius 2 is 2.43 bits per heavy atom. The molecule has 2 rings (SSSR count). The summed E-state index contributed by atoms with van der Waals surface area (Å²) in [6, 6.07) is 0.846. The van der Waals surface area contributed by atoms with Crippen LogP contribution in [0, 0.1) is 0 Å². The van der Waals surface area contributed by atoms with Crippen LogP contribution in [0.2, 0.25) is 0 Å². The third-order valence-electron chi connectivity index (χ3n) is 2.74. The van der Waals surface area contributed by atoms with Gasteiger partial charge in [0.25, 0.3) is 0 Å². The molecule has 1 aromatic heterocycles. The van der Waals surface area contributed by atoms with Gasteiger partial charge in [-0.3, -0.25) is 0 Å². The Balaban J connectivity index is 1.69. The molecule has 0 amide bonds. The van der Waals surface area contributed by atoms with Crippen LogP contribution in [0.15, 0.2) is 12.4 Å². The Bertz CT molecular complexity index is 290. The summed E-state index contributed by atoms with van der Waals surface area (Å²) in [5, 5.41) is 3.32. The van der Waals surface area contributed by atoms with Crippen LogP contribution in [0.1, 0.15) is 12.8 Å². The van der Waals surface area contributed by atoms with Gasteiger partial charge in [0.15, 0.2) is 0 Å². The lowest BCUT2D eigenvalue weighted by atomic mass is 10.5. The minimum Gasteiger partial charge on any atom is -0.354 e. The van der Waals surface area contributed by atoms with E-state index >= 15 is 0 Å². The maximum absolute atomic E-state index is 4.21. The SMILES string of the molecule is CN(CCNc1nccn1C)C1CC1. The van der Waals surface area contributed by atoms with Gasteiger partial charge >= 0.3 is 0 Å². The molecule has 4 nitrogen and oxygen atoms in total. The highest BCUT2D eigenvalue weighted by molar-refractivity contribution is 5.24. The normalized spacial score (nSPS) is 16.2. The molecule has 1 saturated carbocycles. The van der Waals surface area contributed by atoms with Gasteiger partial charge in [-0.25, -0.2) is 4.98 Å². The molecule has 1 aliphatic rings. The van der Waals surface area contributed by atoms with Crippen LogP contribution in [0.25, 0.3) is 0 Å². The van der Waals surface area contributed by atoms with Crippen LogP contribution >= 0.6 is 0 Å². The number of likely N-dealkylation sites (N-methyl/N-ethyl adjacent to an activating group) is 1. The second-order valence-electron chi connectivity index (χ2n) is 4.00. The van der Waals surface area contributed by atoms with E-state index in [1.807, 2.05) is 24.0 Å². The molecule has 1 heterocycles. The first-order chi connectivity index (χ1) is 6.77. The smallest absolute Gasteiger partial charge is 0.202 e. The number of aromatic nitrogens is 2. The van der Waals surface area contributed by atoms with Gasteiger partial charge in [-0.1, -0.05) is 0 Å². The van der Waals surface area contributed by atoms with Crippen LogP contribution in [-0.2, 0) is 7.05 Å². The number of nitrogens with zero attached hydrogens (tertiary/aromatic N) is 3. The van der Waals surface area contributed by atoms with Crippen molar-refractivity contribution in [1.29, 1.82) is 0 Å². The first-order valence-corrected chi connectivity index (χ1v) is 5.19. The lowest BCUT2D eigenvalue weighted by Gasteiger charge is -2.15. The maximum Gasteiger partial charge on any atom is 0.202 e. The van der Waals surface area contributed by atoms with Crippen LogP contribution in [-0.4, -0.2) is 40.6 Å². The lowest BCUT2D eigenvalue weighted by Crippen LogP contribution is -2.27. The quantitative estimate of drug-likeness (QED) is 0.757. The molecule has 4 heteroatoms. The van der Waals surface area contributed by atoms with Crippen LogP contribution in [0.4, 0.5) is 5.95 Å². The third-order valence-corrected chi connectivity index (χ3v) is 2.74. The Morgan fingerprint density at radius 3 is 3.00 bits per heavy atom. The molecule has 0 bridgehead atoms. The van der Waals surface area contributed by atoms with Gasteiger partial charge in [0.1, 0.15) is 0 Å². The first kappa shape index (κ1) is 9.52. The molecule has 0 spiro atoms. The van der Waals surface area contributed by atoms with Crippen LogP contribution < -0.4 is 5.32 Å². The molecule has 78 valence electrons. The molecule has 1 aliphatic carbocycles. The number of aryl methyl sites for hydroxylation is 1. The zero-order chi connectivity index (χ0) is 9.97. The molecule has 1 aromatic rings. The van der Waals surface area contributed by atoms with Crippen molar-refractivity contribution in [1.82, 2.24) is 14.5 Å². The second-order valence-corrected chi connectivity index (χ2v) is 4.00. The van der Waals surface area contributed by atoms with Gasteiger partial charge in [-0.2, -0.15) is 0 Å². The van der Waals surface area contributed by atoms with Crippen molar-refractivity contribution in [2.24, 2.45) is 7.05 Å². The van der Waals surface area contributed by atoms with Crippen molar-refractivity contribution in [2.75, 3.05) is 25.5 Å². The van der Waals surface area contributed by atoms with Crippen molar-refractivity contribution in [2.45, 2.75) is 18.9 Å². The summed E-state index contributed by atoms with van der Waals surface area (Å²) < 4.78 is 2.00. The topological polar surface area (TPSA) is 33.1 Å².